The highest BCUT2D eigenvalue weighted by atomic mass is 19.3. The van der Waals surface area contributed by atoms with Gasteiger partial charge in [0.1, 0.15) is 5.69 Å². The Morgan fingerprint density at radius 2 is 2.12 bits per heavy atom. The van der Waals surface area contributed by atoms with Crippen LogP contribution in [0.4, 0.5) is 20.2 Å². The molecule has 0 saturated heterocycles. The number of carbonyl (C=O) groups excluding carboxylic acids is 1. The van der Waals surface area contributed by atoms with E-state index in [-0.39, 0.29) is 35.7 Å². The number of quaternary nitrogens is 1. The Morgan fingerprint density at radius 1 is 1.41 bits per heavy atom. The number of hydrogen-bond acceptors (Lipinski definition) is 6. The fourth-order valence-electron chi connectivity index (χ4n) is 4.56. The third kappa shape index (κ3) is 2.83. The first kappa shape index (κ1) is 20.5. The molecule has 3 atom stereocenters. The van der Waals surface area contributed by atoms with E-state index in [1.165, 1.54) is 13.1 Å². The molecule has 164 valence electrons. The van der Waals surface area contributed by atoms with Gasteiger partial charge in [-0.25, -0.2) is 18.6 Å². The van der Waals surface area contributed by atoms with E-state index in [1.54, 1.807) is 25.3 Å². The summed E-state index contributed by atoms with van der Waals surface area (Å²) in [5.41, 5.74) is 3.82. The number of halogens is 2. The molecule has 9 heteroatoms. The largest absolute Gasteiger partial charge is 0.620 e. The van der Waals surface area contributed by atoms with Crippen LogP contribution in [-0.2, 0) is 4.79 Å². The van der Waals surface area contributed by atoms with E-state index in [0.29, 0.717) is 22.5 Å². The molecule has 7 nitrogen and oxygen atoms in total. The van der Waals surface area contributed by atoms with Crippen LogP contribution in [0.2, 0.25) is 0 Å². The van der Waals surface area contributed by atoms with Gasteiger partial charge in [-0.2, -0.15) is 5.26 Å². The molecule has 2 aromatic rings. The van der Waals surface area contributed by atoms with E-state index in [4.69, 9.17) is 4.74 Å². The third-order valence-electron chi connectivity index (χ3n) is 6.49. The molecule has 1 saturated carbocycles. The number of aryl methyl sites for hydroxylation is 1. The first-order valence-corrected chi connectivity index (χ1v) is 10.2. The van der Waals surface area contributed by atoms with Crippen molar-refractivity contribution in [1.29, 1.82) is 5.26 Å². The minimum atomic E-state index is -2.73. The third-order valence-corrected chi connectivity index (χ3v) is 6.49. The van der Waals surface area contributed by atoms with Gasteiger partial charge in [0.2, 0.25) is 5.88 Å². The number of rotatable bonds is 3. The molecule has 0 spiro atoms. The minimum Gasteiger partial charge on any atom is -0.620 e. The summed E-state index contributed by atoms with van der Waals surface area (Å²) in [5, 5.41) is 25.9. The van der Waals surface area contributed by atoms with Crippen LogP contribution in [0, 0.1) is 29.4 Å². The van der Waals surface area contributed by atoms with Crippen molar-refractivity contribution >= 4 is 17.3 Å². The molecule has 3 aliphatic rings. The number of hydroxylamine groups is 2. The number of nitrogens with zero attached hydrogens (tertiary/aromatic N) is 3. The van der Waals surface area contributed by atoms with Crippen LogP contribution in [0.1, 0.15) is 41.5 Å². The number of nitriles is 1. The number of aromatic nitrogens is 1. The predicted octanol–water partition coefficient (Wildman–Crippen LogP) is 4.10. The summed E-state index contributed by atoms with van der Waals surface area (Å²) in [6, 6.07) is 6.70. The maximum Gasteiger partial charge on any atom is 0.349 e. The maximum absolute atomic E-state index is 13.4. The predicted molar refractivity (Wildman–Crippen MR) is 113 cm³/mol. The number of fused-ring (bicyclic) bond motifs is 5. The molecule has 1 N–H and O–H groups in total. The average molecular weight is 438 g/mol. The van der Waals surface area contributed by atoms with E-state index in [9.17, 15) is 24.0 Å². The number of ether oxygens (including phenoxy) is 1. The Kier molecular flexibility index (Phi) is 4.22. The quantitative estimate of drug-likeness (QED) is 0.572. The first-order chi connectivity index (χ1) is 15.1. The van der Waals surface area contributed by atoms with Crippen LogP contribution >= 0.6 is 0 Å². The standard InChI is InChI=1S/C23H20F2N4O3/c1-11-9-27-21(32-10-14-7-23(14,24)25)19-18-15-5-4-13(8-26)6-16(15)29(3,31)22(30)17(18)12(2)28-20(11)19/h4-6,9,14,18,28H,7,10H2,1-3H3/t14?,18-,29?/m1/s1. The van der Waals surface area contributed by atoms with Crippen molar-refractivity contribution in [2.45, 2.75) is 32.1 Å². The smallest absolute Gasteiger partial charge is 0.349 e. The summed E-state index contributed by atoms with van der Waals surface area (Å²) in [7, 11) is 1.25. The molecule has 3 heterocycles. The summed E-state index contributed by atoms with van der Waals surface area (Å²) in [5.74, 6) is -4.76. The Morgan fingerprint density at radius 3 is 2.78 bits per heavy atom. The minimum absolute atomic E-state index is 0.154. The molecular weight excluding hydrogens is 418 g/mol. The fraction of sp³-hybridized carbons (Fsp3) is 0.348. The second-order valence-electron chi connectivity index (χ2n) is 8.72. The highest BCUT2D eigenvalue weighted by Crippen LogP contribution is 2.54. The van der Waals surface area contributed by atoms with Gasteiger partial charge in [-0.1, -0.05) is 6.07 Å². The van der Waals surface area contributed by atoms with E-state index in [1.807, 2.05) is 13.0 Å². The second-order valence-corrected chi connectivity index (χ2v) is 8.72. The second kappa shape index (κ2) is 6.58. The summed E-state index contributed by atoms with van der Waals surface area (Å²) >= 11 is 0. The molecule has 0 radical (unpaired) electrons. The topological polar surface area (TPSA) is 98.1 Å². The van der Waals surface area contributed by atoms with E-state index in [2.05, 4.69) is 10.3 Å². The van der Waals surface area contributed by atoms with Gasteiger partial charge < -0.3 is 15.3 Å². The van der Waals surface area contributed by atoms with Crippen LogP contribution < -0.4 is 14.7 Å². The Hall–Kier alpha value is -3.35. The Labute approximate surface area is 183 Å². The molecule has 2 unspecified atom stereocenters. The number of amides is 1. The molecule has 5 rings (SSSR count). The molecule has 2 aliphatic heterocycles. The lowest BCUT2D eigenvalue weighted by Crippen LogP contribution is -2.51. The average Bonchev–Trinajstić information content (AvgIpc) is 3.37. The van der Waals surface area contributed by atoms with Gasteiger partial charge >= 0.3 is 5.91 Å². The highest BCUT2D eigenvalue weighted by Gasteiger charge is 2.57. The summed E-state index contributed by atoms with van der Waals surface area (Å²) < 4.78 is 31.3. The number of likely N-dealkylation sites (N-methyl/N-ethyl adjacent to an activating group) is 1. The zero-order valence-electron chi connectivity index (χ0n) is 17.7. The highest BCUT2D eigenvalue weighted by molar-refractivity contribution is 6.09. The van der Waals surface area contributed by atoms with Crippen LogP contribution in [0.15, 0.2) is 35.7 Å². The molecule has 0 bridgehead atoms. The van der Waals surface area contributed by atoms with Gasteiger partial charge in [0.15, 0.2) is 0 Å². The lowest BCUT2D eigenvalue weighted by Gasteiger charge is -2.45. The van der Waals surface area contributed by atoms with Crippen LogP contribution in [-0.4, -0.2) is 30.5 Å². The van der Waals surface area contributed by atoms with E-state index >= 15 is 0 Å². The molecule has 1 aromatic heterocycles. The molecule has 1 fully saturated rings. The summed E-state index contributed by atoms with van der Waals surface area (Å²) in [6.45, 7) is 3.38. The number of alkyl halides is 2. The number of benzene rings is 1. The lowest BCUT2D eigenvalue weighted by atomic mass is 9.76. The first-order valence-electron chi connectivity index (χ1n) is 10.2. The van der Waals surface area contributed by atoms with Crippen molar-refractivity contribution in [3.63, 3.8) is 0 Å². The number of pyridine rings is 1. The molecule has 1 aliphatic carbocycles. The summed E-state index contributed by atoms with van der Waals surface area (Å²) in [4.78, 5) is 17.7. The lowest BCUT2D eigenvalue weighted by molar-refractivity contribution is -0.123. The maximum atomic E-state index is 13.4. The van der Waals surface area contributed by atoms with Crippen molar-refractivity contribution in [3.05, 3.63) is 63.1 Å². The summed E-state index contributed by atoms with van der Waals surface area (Å²) in [6.07, 6.45) is 1.36. The molecule has 32 heavy (non-hydrogen) atoms. The van der Waals surface area contributed by atoms with Crippen molar-refractivity contribution in [3.8, 4) is 11.9 Å². The van der Waals surface area contributed by atoms with Crippen molar-refractivity contribution in [2.75, 3.05) is 19.0 Å². The van der Waals surface area contributed by atoms with Gasteiger partial charge in [0.25, 0.3) is 5.92 Å². The number of allylic oxidation sites excluding steroid dienone is 1. The number of hydrogen-bond donors (Lipinski definition) is 1. The van der Waals surface area contributed by atoms with Gasteiger partial charge in [-0.15, -0.1) is 0 Å². The Bertz CT molecular complexity index is 1260. The normalized spacial score (nSPS) is 27.0. The van der Waals surface area contributed by atoms with Crippen molar-refractivity contribution < 1.29 is 18.3 Å². The number of anilines is 1. The van der Waals surface area contributed by atoms with Crippen molar-refractivity contribution in [2.24, 2.45) is 5.92 Å². The Balaban J connectivity index is 1.71. The molecule has 1 aromatic carbocycles. The fourth-order valence-corrected chi connectivity index (χ4v) is 4.56. The van der Waals surface area contributed by atoms with Crippen LogP contribution in [0.3, 0.4) is 0 Å². The van der Waals surface area contributed by atoms with Gasteiger partial charge in [0.05, 0.1) is 53.9 Å². The van der Waals surface area contributed by atoms with Gasteiger partial charge in [-0.3, -0.25) is 4.65 Å². The number of nitrogens with one attached hydrogen (secondary N) is 1. The number of carbonyl (C=O) groups is 1. The van der Waals surface area contributed by atoms with Crippen LogP contribution in [0.25, 0.3) is 0 Å². The van der Waals surface area contributed by atoms with Gasteiger partial charge in [0, 0.05) is 29.9 Å². The molecule has 1 amide bonds. The SMILES string of the molecule is CC1=C2C(=O)[N+](C)([O-])c3cc(C#N)ccc3[C@H]2c2c(OCC3CC3(F)F)ncc(C)c2N1. The van der Waals surface area contributed by atoms with Gasteiger partial charge in [-0.05, 0) is 25.5 Å². The van der Waals surface area contributed by atoms with E-state index < -0.39 is 28.3 Å². The monoisotopic (exact) mass is 438 g/mol. The van der Waals surface area contributed by atoms with Crippen molar-refractivity contribution in [1.82, 2.24) is 9.63 Å². The zero-order chi connectivity index (χ0) is 23.0. The zero-order valence-corrected chi connectivity index (χ0v) is 17.7. The molecular formula is C23H20F2N4O3. The van der Waals surface area contributed by atoms with E-state index in [0.717, 1.165) is 5.56 Å². The van der Waals surface area contributed by atoms with Crippen LogP contribution in [0.5, 0.6) is 5.88 Å².